The van der Waals surface area contributed by atoms with Crippen molar-refractivity contribution in [3.8, 4) is 11.3 Å². The van der Waals surface area contributed by atoms with E-state index >= 15 is 0 Å². The third-order valence-electron chi connectivity index (χ3n) is 2.94. The van der Waals surface area contributed by atoms with E-state index in [9.17, 15) is 10.1 Å². The predicted octanol–water partition coefficient (Wildman–Crippen LogP) is 3.30. The van der Waals surface area contributed by atoms with Crippen LogP contribution in [-0.4, -0.2) is 16.5 Å². The molecule has 0 atom stereocenters. The molecule has 0 amide bonds. The van der Waals surface area contributed by atoms with Crippen LogP contribution < -0.4 is 5.32 Å². The van der Waals surface area contributed by atoms with Gasteiger partial charge >= 0.3 is 0 Å². The van der Waals surface area contributed by atoms with Crippen molar-refractivity contribution in [2.75, 3.05) is 6.54 Å². The van der Waals surface area contributed by atoms with E-state index in [2.05, 4.69) is 24.1 Å². The molecule has 1 aromatic carbocycles. The number of aryl methyl sites for hydroxylation is 1. The molecule has 2 rings (SSSR count). The Labute approximate surface area is 123 Å². The van der Waals surface area contributed by atoms with Crippen LogP contribution in [-0.2, 0) is 6.54 Å². The van der Waals surface area contributed by atoms with Crippen LogP contribution in [0.25, 0.3) is 11.3 Å². The Morgan fingerprint density at radius 2 is 2.14 bits per heavy atom. The standard InChI is InChI=1S/C15H19N3O3/c1-10(2)7-16-9-15-17-8-14(21-15)12-4-11(3)5-13(6-12)18(19)20/h4-6,8,10,16H,7,9H2,1-3H3. The van der Waals surface area contributed by atoms with Gasteiger partial charge in [-0.25, -0.2) is 4.98 Å². The lowest BCUT2D eigenvalue weighted by atomic mass is 10.1. The maximum absolute atomic E-state index is 10.9. The zero-order valence-electron chi connectivity index (χ0n) is 12.4. The van der Waals surface area contributed by atoms with Gasteiger partial charge in [-0.2, -0.15) is 0 Å². The lowest BCUT2D eigenvalue weighted by molar-refractivity contribution is -0.384. The van der Waals surface area contributed by atoms with E-state index in [1.807, 2.05) is 13.0 Å². The normalized spacial score (nSPS) is 11.0. The van der Waals surface area contributed by atoms with Crippen molar-refractivity contribution in [3.63, 3.8) is 0 Å². The lowest BCUT2D eigenvalue weighted by Crippen LogP contribution is -2.18. The molecule has 112 valence electrons. The van der Waals surface area contributed by atoms with Gasteiger partial charge in [0.15, 0.2) is 5.76 Å². The predicted molar refractivity (Wildman–Crippen MR) is 79.9 cm³/mol. The fourth-order valence-corrected chi connectivity index (χ4v) is 2.00. The minimum atomic E-state index is -0.405. The summed E-state index contributed by atoms with van der Waals surface area (Å²) in [5.41, 5.74) is 1.54. The molecule has 1 heterocycles. The van der Waals surface area contributed by atoms with Gasteiger partial charge in [0.05, 0.1) is 17.7 Å². The number of non-ortho nitro benzene ring substituents is 1. The number of nitro groups is 1. The van der Waals surface area contributed by atoms with Gasteiger partial charge in [-0.05, 0) is 31.0 Å². The largest absolute Gasteiger partial charge is 0.439 e. The van der Waals surface area contributed by atoms with Crippen LogP contribution in [0, 0.1) is 23.0 Å². The van der Waals surface area contributed by atoms with Crippen LogP contribution in [0.1, 0.15) is 25.3 Å². The van der Waals surface area contributed by atoms with Crippen molar-refractivity contribution < 1.29 is 9.34 Å². The highest BCUT2D eigenvalue weighted by Crippen LogP contribution is 2.26. The third kappa shape index (κ3) is 4.13. The number of nitrogens with one attached hydrogen (secondary N) is 1. The molecule has 1 aromatic heterocycles. The van der Waals surface area contributed by atoms with Crippen LogP contribution in [0.5, 0.6) is 0 Å². The second kappa shape index (κ2) is 6.49. The van der Waals surface area contributed by atoms with E-state index in [-0.39, 0.29) is 5.69 Å². The Morgan fingerprint density at radius 1 is 1.38 bits per heavy atom. The molecule has 0 radical (unpaired) electrons. The average molecular weight is 289 g/mol. The van der Waals surface area contributed by atoms with E-state index in [0.717, 1.165) is 12.1 Å². The molecular formula is C15H19N3O3. The van der Waals surface area contributed by atoms with Gasteiger partial charge in [0.2, 0.25) is 5.89 Å². The van der Waals surface area contributed by atoms with Gasteiger partial charge in [0, 0.05) is 17.7 Å². The fourth-order valence-electron chi connectivity index (χ4n) is 2.00. The number of hydrogen-bond donors (Lipinski definition) is 1. The highest BCUT2D eigenvalue weighted by atomic mass is 16.6. The van der Waals surface area contributed by atoms with Gasteiger partial charge < -0.3 is 9.73 Å². The number of oxazole rings is 1. The van der Waals surface area contributed by atoms with Gasteiger partial charge in [-0.15, -0.1) is 0 Å². The minimum Gasteiger partial charge on any atom is -0.439 e. The number of rotatable bonds is 6. The van der Waals surface area contributed by atoms with Crippen molar-refractivity contribution in [2.45, 2.75) is 27.3 Å². The van der Waals surface area contributed by atoms with E-state index in [1.165, 1.54) is 12.1 Å². The zero-order valence-corrected chi connectivity index (χ0v) is 12.4. The molecule has 0 saturated heterocycles. The summed E-state index contributed by atoms with van der Waals surface area (Å²) in [5, 5.41) is 14.1. The Morgan fingerprint density at radius 3 is 2.81 bits per heavy atom. The van der Waals surface area contributed by atoms with Gasteiger partial charge in [-0.1, -0.05) is 13.8 Å². The Balaban J connectivity index is 2.15. The number of nitrogens with zero attached hydrogens (tertiary/aromatic N) is 2. The molecule has 0 saturated carbocycles. The smallest absolute Gasteiger partial charge is 0.270 e. The van der Waals surface area contributed by atoms with Crippen LogP contribution in [0.3, 0.4) is 0 Å². The summed E-state index contributed by atoms with van der Waals surface area (Å²) >= 11 is 0. The van der Waals surface area contributed by atoms with Crippen molar-refractivity contribution >= 4 is 5.69 Å². The first-order valence-corrected chi connectivity index (χ1v) is 6.87. The summed E-state index contributed by atoms with van der Waals surface area (Å²) in [4.78, 5) is 14.7. The highest BCUT2D eigenvalue weighted by Gasteiger charge is 2.12. The first-order valence-electron chi connectivity index (χ1n) is 6.87. The summed E-state index contributed by atoms with van der Waals surface area (Å²) in [5.74, 6) is 1.68. The molecule has 0 aliphatic heterocycles. The SMILES string of the molecule is Cc1cc(-c2cnc(CNCC(C)C)o2)cc([N+](=O)[O-])c1. The maximum Gasteiger partial charge on any atom is 0.270 e. The van der Waals surface area contributed by atoms with Gasteiger partial charge in [0.25, 0.3) is 5.69 Å². The minimum absolute atomic E-state index is 0.0564. The van der Waals surface area contributed by atoms with Crippen molar-refractivity contribution in [2.24, 2.45) is 5.92 Å². The van der Waals surface area contributed by atoms with Gasteiger partial charge in [-0.3, -0.25) is 10.1 Å². The second-order valence-electron chi connectivity index (χ2n) is 5.46. The quantitative estimate of drug-likeness (QED) is 0.651. The molecule has 0 aliphatic carbocycles. The summed E-state index contributed by atoms with van der Waals surface area (Å²) < 4.78 is 5.65. The Bertz CT molecular complexity index is 635. The average Bonchev–Trinajstić information content (AvgIpc) is 2.86. The summed E-state index contributed by atoms with van der Waals surface area (Å²) in [6.07, 6.45) is 1.60. The summed E-state index contributed by atoms with van der Waals surface area (Å²) in [6, 6.07) is 4.88. The second-order valence-corrected chi connectivity index (χ2v) is 5.46. The van der Waals surface area contributed by atoms with Gasteiger partial charge in [0.1, 0.15) is 0 Å². The van der Waals surface area contributed by atoms with E-state index in [0.29, 0.717) is 29.7 Å². The molecular weight excluding hydrogens is 270 g/mol. The first-order chi connectivity index (χ1) is 9.95. The fraction of sp³-hybridized carbons (Fsp3) is 0.400. The van der Waals surface area contributed by atoms with Crippen LogP contribution in [0.4, 0.5) is 5.69 Å². The lowest BCUT2D eigenvalue weighted by Gasteiger charge is -2.04. The number of benzene rings is 1. The monoisotopic (exact) mass is 289 g/mol. The Hall–Kier alpha value is -2.21. The van der Waals surface area contributed by atoms with E-state index in [4.69, 9.17) is 4.42 Å². The van der Waals surface area contributed by atoms with E-state index in [1.54, 1.807) is 6.20 Å². The molecule has 0 spiro atoms. The Kier molecular flexibility index (Phi) is 4.70. The third-order valence-corrected chi connectivity index (χ3v) is 2.94. The molecule has 0 bridgehead atoms. The molecule has 6 nitrogen and oxygen atoms in total. The molecule has 21 heavy (non-hydrogen) atoms. The molecule has 0 unspecified atom stereocenters. The molecule has 1 N–H and O–H groups in total. The van der Waals surface area contributed by atoms with E-state index < -0.39 is 4.92 Å². The first kappa shape index (κ1) is 15.2. The van der Waals surface area contributed by atoms with Crippen LogP contribution in [0.15, 0.2) is 28.8 Å². The summed E-state index contributed by atoms with van der Waals surface area (Å²) in [7, 11) is 0. The maximum atomic E-state index is 10.9. The van der Waals surface area contributed by atoms with Crippen molar-refractivity contribution in [1.29, 1.82) is 0 Å². The van der Waals surface area contributed by atoms with Crippen LogP contribution >= 0.6 is 0 Å². The zero-order chi connectivity index (χ0) is 15.4. The summed E-state index contributed by atoms with van der Waals surface area (Å²) in [6.45, 7) is 7.50. The molecule has 0 aliphatic rings. The molecule has 0 fully saturated rings. The van der Waals surface area contributed by atoms with Crippen molar-refractivity contribution in [1.82, 2.24) is 10.3 Å². The van der Waals surface area contributed by atoms with Crippen LogP contribution in [0.2, 0.25) is 0 Å². The number of aromatic nitrogens is 1. The highest BCUT2D eigenvalue weighted by molar-refractivity contribution is 5.61. The molecule has 6 heteroatoms. The molecule has 2 aromatic rings. The topological polar surface area (TPSA) is 81.2 Å². The number of nitro benzene ring substituents is 1. The van der Waals surface area contributed by atoms with Crippen molar-refractivity contribution in [3.05, 3.63) is 46.0 Å². The number of hydrogen-bond acceptors (Lipinski definition) is 5.